The smallest absolute Gasteiger partial charge is 0.257 e. The molecule has 6 heteroatoms. The molecule has 0 unspecified atom stereocenters. The van der Waals surface area contributed by atoms with Crippen molar-refractivity contribution in [3.8, 4) is 5.69 Å². The van der Waals surface area contributed by atoms with Crippen LogP contribution < -0.4 is 0 Å². The van der Waals surface area contributed by atoms with E-state index >= 15 is 0 Å². The summed E-state index contributed by atoms with van der Waals surface area (Å²) in [6.07, 6.45) is 3.36. The van der Waals surface area contributed by atoms with Crippen LogP contribution in [0.2, 0.25) is 0 Å². The Balaban J connectivity index is 1.79. The molecule has 2 aromatic heterocycles. The second kappa shape index (κ2) is 6.34. The fourth-order valence-electron chi connectivity index (χ4n) is 2.26. The molecule has 0 bridgehead atoms. The highest BCUT2D eigenvalue weighted by Gasteiger charge is 2.22. The summed E-state index contributed by atoms with van der Waals surface area (Å²) in [6.45, 7) is 3.94. The number of carbonyl (C=O) groups is 1. The minimum Gasteiger partial charge on any atom is -0.332 e. The molecule has 5 nitrogen and oxygen atoms in total. The maximum Gasteiger partial charge on any atom is 0.257 e. The summed E-state index contributed by atoms with van der Waals surface area (Å²) in [5.41, 5.74) is 2.48. The predicted molar refractivity (Wildman–Crippen MR) is 90.9 cm³/mol. The van der Waals surface area contributed by atoms with Crippen LogP contribution in [0.5, 0.6) is 0 Å². The molecule has 3 rings (SSSR count). The molecule has 1 atom stereocenters. The van der Waals surface area contributed by atoms with Crippen molar-refractivity contribution in [2.45, 2.75) is 19.9 Å². The highest BCUT2D eigenvalue weighted by atomic mass is 32.1. The Morgan fingerprint density at radius 2 is 2.04 bits per heavy atom. The average Bonchev–Trinajstić information content (AvgIpc) is 3.23. The Morgan fingerprint density at radius 3 is 2.70 bits per heavy atom. The fourth-order valence-corrected chi connectivity index (χ4v) is 3.16. The lowest BCUT2D eigenvalue weighted by molar-refractivity contribution is 0.0742. The summed E-state index contributed by atoms with van der Waals surface area (Å²) in [6, 6.07) is 9.67. The zero-order valence-corrected chi connectivity index (χ0v) is 14.1. The number of nitrogens with zero attached hydrogens (tertiary/aromatic N) is 4. The van der Waals surface area contributed by atoms with Crippen LogP contribution in [-0.2, 0) is 0 Å². The van der Waals surface area contributed by atoms with Crippen molar-refractivity contribution in [3.05, 3.63) is 64.4 Å². The van der Waals surface area contributed by atoms with E-state index in [1.807, 2.05) is 49.6 Å². The molecular formula is C17H18N4OS. The van der Waals surface area contributed by atoms with Crippen LogP contribution >= 0.6 is 11.3 Å². The predicted octanol–water partition coefficient (Wildman–Crippen LogP) is 3.47. The van der Waals surface area contributed by atoms with Crippen molar-refractivity contribution >= 4 is 17.2 Å². The van der Waals surface area contributed by atoms with E-state index in [0.29, 0.717) is 5.56 Å². The van der Waals surface area contributed by atoms with Gasteiger partial charge in [-0.25, -0.2) is 9.67 Å². The molecule has 0 aliphatic rings. The third-order valence-electron chi connectivity index (χ3n) is 3.75. The molecule has 0 spiro atoms. The summed E-state index contributed by atoms with van der Waals surface area (Å²) in [7, 11) is 1.80. The standard InChI is InChI=1S/C17H18N4OS/c1-12-11-23-16(19-12)13(2)20(3)17(22)14-9-18-21(10-14)15-7-5-4-6-8-15/h4-11,13H,1-3H3/t13-/m1/s1. The first kappa shape index (κ1) is 15.4. The van der Waals surface area contributed by atoms with E-state index in [2.05, 4.69) is 10.1 Å². The molecule has 0 radical (unpaired) electrons. The quantitative estimate of drug-likeness (QED) is 0.737. The first-order valence-electron chi connectivity index (χ1n) is 7.35. The highest BCUT2D eigenvalue weighted by Crippen LogP contribution is 2.24. The van der Waals surface area contributed by atoms with Crippen molar-refractivity contribution in [3.63, 3.8) is 0 Å². The zero-order chi connectivity index (χ0) is 16.4. The van der Waals surface area contributed by atoms with E-state index in [-0.39, 0.29) is 11.9 Å². The number of aromatic nitrogens is 3. The van der Waals surface area contributed by atoms with Gasteiger partial charge in [-0.2, -0.15) is 5.10 Å². The van der Waals surface area contributed by atoms with Gasteiger partial charge in [0.05, 0.1) is 23.5 Å². The van der Waals surface area contributed by atoms with E-state index in [4.69, 9.17) is 0 Å². The number of hydrogen-bond acceptors (Lipinski definition) is 4. The van der Waals surface area contributed by atoms with E-state index in [0.717, 1.165) is 16.4 Å². The van der Waals surface area contributed by atoms with Crippen LogP contribution in [0, 0.1) is 6.92 Å². The Hall–Kier alpha value is -2.47. The minimum absolute atomic E-state index is 0.0625. The topological polar surface area (TPSA) is 51.0 Å². The summed E-state index contributed by atoms with van der Waals surface area (Å²) in [5.74, 6) is -0.0625. The van der Waals surface area contributed by atoms with Gasteiger partial charge in [-0.1, -0.05) is 18.2 Å². The van der Waals surface area contributed by atoms with Gasteiger partial charge in [0, 0.05) is 24.3 Å². The summed E-state index contributed by atoms with van der Waals surface area (Å²) in [5, 5.41) is 7.22. The second-order valence-corrected chi connectivity index (χ2v) is 6.32. The van der Waals surface area contributed by atoms with Crippen LogP contribution in [0.3, 0.4) is 0 Å². The van der Waals surface area contributed by atoms with Gasteiger partial charge in [-0.3, -0.25) is 4.79 Å². The summed E-state index contributed by atoms with van der Waals surface area (Å²) >= 11 is 1.57. The van der Waals surface area contributed by atoms with Crippen molar-refractivity contribution in [2.75, 3.05) is 7.05 Å². The number of thiazole rings is 1. The highest BCUT2D eigenvalue weighted by molar-refractivity contribution is 7.09. The maximum atomic E-state index is 12.7. The Morgan fingerprint density at radius 1 is 1.30 bits per heavy atom. The molecular weight excluding hydrogens is 308 g/mol. The van der Waals surface area contributed by atoms with Gasteiger partial charge >= 0.3 is 0 Å². The van der Waals surface area contributed by atoms with Gasteiger partial charge in [-0.05, 0) is 26.0 Å². The van der Waals surface area contributed by atoms with Crippen LogP contribution in [0.15, 0.2) is 48.1 Å². The molecule has 23 heavy (non-hydrogen) atoms. The zero-order valence-electron chi connectivity index (χ0n) is 13.3. The van der Waals surface area contributed by atoms with Crippen LogP contribution in [0.25, 0.3) is 5.69 Å². The van der Waals surface area contributed by atoms with E-state index in [1.165, 1.54) is 0 Å². The summed E-state index contributed by atoms with van der Waals surface area (Å²) < 4.78 is 1.71. The summed E-state index contributed by atoms with van der Waals surface area (Å²) in [4.78, 5) is 18.8. The number of rotatable bonds is 4. The lowest BCUT2D eigenvalue weighted by Crippen LogP contribution is -2.29. The van der Waals surface area contributed by atoms with Gasteiger partial charge in [0.25, 0.3) is 5.91 Å². The fraction of sp³-hybridized carbons (Fsp3) is 0.235. The van der Waals surface area contributed by atoms with Gasteiger partial charge in [0.1, 0.15) is 5.01 Å². The molecule has 0 N–H and O–H groups in total. The molecule has 2 heterocycles. The van der Waals surface area contributed by atoms with Crippen molar-refractivity contribution in [2.24, 2.45) is 0 Å². The lowest BCUT2D eigenvalue weighted by atomic mass is 10.2. The normalized spacial score (nSPS) is 12.1. The Bertz CT molecular complexity index is 809. The second-order valence-electron chi connectivity index (χ2n) is 5.43. The third-order valence-corrected chi connectivity index (χ3v) is 4.88. The van der Waals surface area contributed by atoms with Gasteiger partial charge in [0.15, 0.2) is 0 Å². The van der Waals surface area contributed by atoms with Crippen molar-refractivity contribution < 1.29 is 4.79 Å². The number of carbonyl (C=O) groups excluding carboxylic acids is 1. The molecule has 118 valence electrons. The molecule has 0 fully saturated rings. The Kier molecular flexibility index (Phi) is 4.25. The van der Waals surface area contributed by atoms with Crippen molar-refractivity contribution in [1.82, 2.24) is 19.7 Å². The molecule has 0 aliphatic heterocycles. The number of benzene rings is 1. The van der Waals surface area contributed by atoms with E-state index in [1.54, 1.807) is 40.4 Å². The molecule has 1 amide bonds. The van der Waals surface area contributed by atoms with Crippen LogP contribution in [-0.4, -0.2) is 32.6 Å². The first-order chi connectivity index (χ1) is 11.1. The number of para-hydroxylation sites is 1. The largest absolute Gasteiger partial charge is 0.332 e. The average molecular weight is 326 g/mol. The number of hydrogen-bond donors (Lipinski definition) is 0. The lowest BCUT2D eigenvalue weighted by Gasteiger charge is -2.22. The van der Waals surface area contributed by atoms with Gasteiger partial charge < -0.3 is 4.90 Å². The molecule has 0 aliphatic carbocycles. The van der Waals surface area contributed by atoms with E-state index in [9.17, 15) is 4.79 Å². The first-order valence-corrected chi connectivity index (χ1v) is 8.23. The molecule has 0 saturated carbocycles. The monoisotopic (exact) mass is 326 g/mol. The van der Waals surface area contributed by atoms with E-state index < -0.39 is 0 Å². The van der Waals surface area contributed by atoms with Gasteiger partial charge in [0.2, 0.25) is 0 Å². The van der Waals surface area contributed by atoms with Crippen LogP contribution in [0.4, 0.5) is 0 Å². The van der Waals surface area contributed by atoms with Crippen LogP contribution in [0.1, 0.15) is 34.0 Å². The van der Waals surface area contributed by atoms with Crippen molar-refractivity contribution in [1.29, 1.82) is 0 Å². The minimum atomic E-state index is -0.0683. The SMILES string of the molecule is Cc1csc([C@@H](C)N(C)C(=O)c2cnn(-c3ccccc3)c2)n1. The van der Waals surface area contributed by atoms with Gasteiger partial charge in [-0.15, -0.1) is 11.3 Å². The third kappa shape index (κ3) is 3.17. The number of amides is 1. The molecule has 1 aromatic carbocycles. The maximum absolute atomic E-state index is 12.7. The number of aryl methyl sites for hydroxylation is 1. The molecule has 3 aromatic rings. The molecule has 0 saturated heterocycles. The Labute approximate surface area is 139 Å².